The van der Waals surface area contributed by atoms with Gasteiger partial charge in [-0.05, 0) is 80.6 Å². The lowest BCUT2D eigenvalue weighted by molar-refractivity contribution is 0.0310. The van der Waals surface area contributed by atoms with Crippen LogP contribution in [0.2, 0.25) is 0 Å². The van der Waals surface area contributed by atoms with Crippen LogP contribution in [0.5, 0.6) is 17.2 Å². The third-order valence-corrected chi connectivity index (χ3v) is 6.49. The Balaban J connectivity index is 1.44. The predicted molar refractivity (Wildman–Crippen MR) is 158 cm³/mol. The van der Waals surface area contributed by atoms with E-state index in [0.29, 0.717) is 19.7 Å². The number of aliphatic hydroxyl groups excluding tert-OH is 3. The third-order valence-electron chi connectivity index (χ3n) is 6.49. The van der Waals surface area contributed by atoms with Gasteiger partial charge in [-0.2, -0.15) is 0 Å². The molecule has 0 unspecified atom stereocenters. The number of aliphatic hydroxyl groups is 3. The fourth-order valence-electron chi connectivity index (χ4n) is 4.39. The van der Waals surface area contributed by atoms with Gasteiger partial charge in [-0.1, -0.05) is 55.0 Å². The molecule has 0 aliphatic carbocycles. The zero-order valence-corrected chi connectivity index (χ0v) is 23.4. The van der Waals surface area contributed by atoms with E-state index in [1.54, 1.807) is 0 Å². The van der Waals surface area contributed by atoms with E-state index in [1.807, 2.05) is 72.8 Å². The van der Waals surface area contributed by atoms with Gasteiger partial charge in [0, 0.05) is 19.7 Å². The standard InChI is InChI=1S/C33H45NO6/c35-22-9-1-2-10-23-38-33-19-17-28(18-20-33)12-11-21-34(24-29(36)26-39-31-13-5-3-6-14-31)25-30(37)27-40-32-15-7-4-8-16-32/h3-8,13-20,29-30,35-37H,1-2,9-12,21-27H2/t29-,30-/m0/s1. The second kappa shape index (κ2) is 19.1. The summed E-state index contributed by atoms with van der Waals surface area (Å²) in [4.78, 5) is 2.08. The van der Waals surface area contributed by atoms with Gasteiger partial charge >= 0.3 is 0 Å². The van der Waals surface area contributed by atoms with Crippen molar-refractivity contribution in [2.75, 3.05) is 46.1 Å². The van der Waals surface area contributed by atoms with E-state index in [0.717, 1.165) is 62.3 Å². The highest BCUT2D eigenvalue weighted by Crippen LogP contribution is 2.15. The Kier molecular flexibility index (Phi) is 15.0. The summed E-state index contributed by atoms with van der Waals surface area (Å²) >= 11 is 0. The fraction of sp³-hybridized carbons (Fsp3) is 0.455. The highest BCUT2D eigenvalue weighted by molar-refractivity contribution is 5.27. The molecule has 0 saturated heterocycles. The molecule has 40 heavy (non-hydrogen) atoms. The average molecular weight is 552 g/mol. The maximum atomic E-state index is 10.7. The van der Waals surface area contributed by atoms with Crippen molar-refractivity contribution in [3.63, 3.8) is 0 Å². The van der Waals surface area contributed by atoms with E-state index in [2.05, 4.69) is 17.0 Å². The van der Waals surface area contributed by atoms with Crippen molar-refractivity contribution < 1.29 is 29.5 Å². The first-order valence-corrected chi connectivity index (χ1v) is 14.4. The average Bonchev–Trinajstić information content (AvgIpc) is 2.98. The van der Waals surface area contributed by atoms with Gasteiger partial charge in [-0.15, -0.1) is 0 Å². The second-order valence-corrected chi connectivity index (χ2v) is 10.0. The lowest BCUT2D eigenvalue weighted by Crippen LogP contribution is -2.42. The lowest BCUT2D eigenvalue weighted by Gasteiger charge is -2.27. The smallest absolute Gasteiger partial charge is 0.119 e. The minimum Gasteiger partial charge on any atom is -0.494 e. The SMILES string of the molecule is OCCCCCCOc1ccc(CCCN(C[C@H](O)COc2ccccc2)C[C@H](O)COc2ccccc2)cc1. The van der Waals surface area contributed by atoms with Crippen LogP contribution in [0.25, 0.3) is 0 Å². The molecular formula is C33H45NO6. The van der Waals surface area contributed by atoms with Crippen LogP contribution in [-0.2, 0) is 6.42 Å². The Labute approximate surface area is 239 Å². The minimum atomic E-state index is -0.692. The molecule has 3 rings (SSSR count). The van der Waals surface area contributed by atoms with Crippen molar-refractivity contribution in [3.8, 4) is 17.2 Å². The summed E-state index contributed by atoms with van der Waals surface area (Å²) in [5, 5.41) is 30.2. The molecule has 0 saturated carbocycles. The second-order valence-electron chi connectivity index (χ2n) is 10.0. The number of aryl methyl sites for hydroxylation is 1. The molecule has 2 atom stereocenters. The van der Waals surface area contributed by atoms with Crippen molar-refractivity contribution in [1.29, 1.82) is 0 Å². The monoisotopic (exact) mass is 551 g/mol. The first kappa shape index (κ1) is 31.4. The highest BCUT2D eigenvalue weighted by atomic mass is 16.5. The number of hydrogen-bond acceptors (Lipinski definition) is 7. The number of benzene rings is 3. The molecule has 0 fully saturated rings. The van der Waals surface area contributed by atoms with Crippen molar-refractivity contribution >= 4 is 0 Å². The molecule has 3 N–H and O–H groups in total. The van der Waals surface area contributed by atoms with Crippen LogP contribution < -0.4 is 14.2 Å². The Hall–Kier alpha value is -3.10. The summed E-state index contributed by atoms with van der Waals surface area (Å²) in [6.45, 7) is 2.80. The van der Waals surface area contributed by atoms with Crippen molar-refractivity contribution in [3.05, 3.63) is 90.5 Å². The normalized spacial score (nSPS) is 12.7. The quantitative estimate of drug-likeness (QED) is 0.165. The topological polar surface area (TPSA) is 91.6 Å². The first-order chi connectivity index (χ1) is 19.6. The van der Waals surface area contributed by atoms with Gasteiger partial charge in [0.1, 0.15) is 42.7 Å². The largest absolute Gasteiger partial charge is 0.494 e. The summed E-state index contributed by atoms with van der Waals surface area (Å²) in [7, 11) is 0. The highest BCUT2D eigenvalue weighted by Gasteiger charge is 2.17. The van der Waals surface area contributed by atoms with Crippen LogP contribution in [0.3, 0.4) is 0 Å². The Morgan fingerprint density at radius 1 is 0.575 bits per heavy atom. The Morgan fingerprint density at radius 3 is 1.65 bits per heavy atom. The number of rotatable bonds is 21. The van der Waals surface area contributed by atoms with Crippen molar-refractivity contribution in [2.45, 2.75) is 50.7 Å². The molecule has 0 bridgehead atoms. The summed E-state index contributed by atoms with van der Waals surface area (Å²) in [5.41, 5.74) is 1.22. The van der Waals surface area contributed by atoms with E-state index in [4.69, 9.17) is 19.3 Å². The van der Waals surface area contributed by atoms with E-state index in [1.165, 1.54) is 5.56 Å². The van der Waals surface area contributed by atoms with E-state index < -0.39 is 12.2 Å². The number of hydrogen-bond donors (Lipinski definition) is 3. The van der Waals surface area contributed by atoms with E-state index in [9.17, 15) is 10.2 Å². The van der Waals surface area contributed by atoms with Crippen LogP contribution >= 0.6 is 0 Å². The van der Waals surface area contributed by atoms with Gasteiger partial charge in [0.25, 0.3) is 0 Å². The number of ether oxygens (including phenoxy) is 3. The van der Waals surface area contributed by atoms with Gasteiger partial charge < -0.3 is 29.5 Å². The van der Waals surface area contributed by atoms with E-state index >= 15 is 0 Å². The first-order valence-electron chi connectivity index (χ1n) is 14.4. The lowest BCUT2D eigenvalue weighted by atomic mass is 10.1. The summed E-state index contributed by atoms with van der Waals surface area (Å²) in [6.07, 6.45) is 4.31. The molecule has 218 valence electrons. The van der Waals surface area contributed by atoms with Gasteiger partial charge in [-0.3, -0.25) is 4.90 Å². The fourth-order valence-corrected chi connectivity index (χ4v) is 4.39. The van der Waals surface area contributed by atoms with Crippen LogP contribution in [0.15, 0.2) is 84.9 Å². The molecule has 0 aromatic heterocycles. The van der Waals surface area contributed by atoms with Crippen LogP contribution in [0.1, 0.15) is 37.7 Å². The molecule has 0 heterocycles. The molecule has 3 aromatic rings. The zero-order chi connectivity index (χ0) is 28.3. The van der Waals surface area contributed by atoms with Gasteiger partial charge in [0.15, 0.2) is 0 Å². The molecule has 0 amide bonds. The van der Waals surface area contributed by atoms with Gasteiger partial charge in [-0.25, -0.2) is 0 Å². The molecule has 0 aliphatic rings. The van der Waals surface area contributed by atoms with Crippen molar-refractivity contribution in [2.24, 2.45) is 0 Å². The van der Waals surface area contributed by atoms with Gasteiger partial charge in [0.05, 0.1) is 6.61 Å². The molecule has 7 nitrogen and oxygen atoms in total. The summed E-state index contributed by atoms with van der Waals surface area (Å²) in [6, 6.07) is 27.1. The molecular weight excluding hydrogens is 506 g/mol. The summed E-state index contributed by atoms with van der Waals surface area (Å²) in [5.74, 6) is 2.31. The zero-order valence-electron chi connectivity index (χ0n) is 23.4. The summed E-state index contributed by atoms with van der Waals surface area (Å²) < 4.78 is 17.3. The number of unbranched alkanes of at least 4 members (excludes halogenated alkanes) is 3. The Bertz CT molecular complexity index is 967. The number of para-hydroxylation sites is 2. The maximum Gasteiger partial charge on any atom is 0.119 e. The van der Waals surface area contributed by atoms with Crippen LogP contribution in [0.4, 0.5) is 0 Å². The molecule has 7 heteroatoms. The van der Waals surface area contributed by atoms with Crippen molar-refractivity contribution in [1.82, 2.24) is 4.90 Å². The van der Waals surface area contributed by atoms with Crippen LogP contribution in [0, 0.1) is 0 Å². The number of nitrogens with zero attached hydrogens (tertiary/aromatic N) is 1. The minimum absolute atomic E-state index is 0.181. The Morgan fingerprint density at radius 2 is 1.10 bits per heavy atom. The van der Waals surface area contributed by atoms with Crippen LogP contribution in [-0.4, -0.2) is 78.5 Å². The molecule has 0 aliphatic heterocycles. The molecule has 0 spiro atoms. The predicted octanol–water partition coefficient (Wildman–Crippen LogP) is 4.73. The molecule has 3 aromatic carbocycles. The molecule has 0 radical (unpaired) electrons. The van der Waals surface area contributed by atoms with E-state index in [-0.39, 0.29) is 19.8 Å². The maximum absolute atomic E-state index is 10.7. The third kappa shape index (κ3) is 13.3. The van der Waals surface area contributed by atoms with Gasteiger partial charge in [0.2, 0.25) is 0 Å².